The second-order valence-electron chi connectivity index (χ2n) is 7.44. The first-order chi connectivity index (χ1) is 13.5. The lowest BCUT2D eigenvalue weighted by molar-refractivity contribution is -0.127. The molecule has 0 unspecified atom stereocenters. The predicted molar refractivity (Wildman–Crippen MR) is 110 cm³/mol. The van der Waals surface area contributed by atoms with Crippen molar-refractivity contribution in [2.24, 2.45) is 4.99 Å². The highest BCUT2D eigenvalue weighted by atomic mass is 16.3. The SMILES string of the molecule is Cc1ccc(-c2nc(CN=C(NCC(=O)N(C)C)NC3CCCC3)co2)cc1. The number of nitrogens with one attached hydrogen (secondary N) is 2. The van der Waals surface area contributed by atoms with Gasteiger partial charge in [-0.05, 0) is 31.9 Å². The van der Waals surface area contributed by atoms with Crippen molar-refractivity contribution in [1.29, 1.82) is 0 Å². The Hall–Kier alpha value is -2.83. The number of hydrogen-bond donors (Lipinski definition) is 2. The van der Waals surface area contributed by atoms with Gasteiger partial charge in [-0.25, -0.2) is 9.98 Å². The highest BCUT2D eigenvalue weighted by molar-refractivity contribution is 5.86. The van der Waals surface area contributed by atoms with Crippen molar-refractivity contribution < 1.29 is 9.21 Å². The summed E-state index contributed by atoms with van der Waals surface area (Å²) in [5.74, 6) is 1.23. The number of oxazole rings is 1. The van der Waals surface area contributed by atoms with Crippen LogP contribution in [0, 0.1) is 6.92 Å². The fraction of sp³-hybridized carbons (Fsp3) is 0.476. The van der Waals surface area contributed by atoms with E-state index in [1.807, 2.05) is 31.2 Å². The Morgan fingerprint density at radius 2 is 1.96 bits per heavy atom. The average molecular weight is 383 g/mol. The smallest absolute Gasteiger partial charge is 0.241 e. The second-order valence-corrected chi connectivity index (χ2v) is 7.44. The molecule has 1 aromatic carbocycles. The van der Waals surface area contributed by atoms with Crippen molar-refractivity contribution in [2.75, 3.05) is 20.6 Å². The molecule has 7 heteroatoms. The molecule has 1 aromatic heterocycles. The molecule has 150 valence electrons. The maximum atomic E-state index is 11.9. The van der Waals surface area contributed by atoms with E-state index in [2.05, 4.69) is 20.6 Å². The van der Waals surface area contributed by atoms with Gasteiger partial charge in [0.05, 0.1) is 13.1 Å². The van der Waals surface area contributed by atoms with E-state index < -0.39 is 0 Å². The van der Waals surface area contributed by atoms with Gasteiger partial charge < -0.3 is 20.0 Å². The number of amides is 1. The van der Waals surface area contributed by atoms with E-state index in [4.69, 9.17) is 4.42 Å². The van der Waals surface area contributed by atoms with Gasteiger partial charge in [0.25, 0.3) is 0 Å². The molecule has 1 fully saturated rings. The number of aliphatic imine (C=N–C) groups is 1. The quantitative estimate of drug-likeness (QED) is 0.592. The van der Waals surface area contributed by atoms with E-state index in [1.165, 1.54) is 18.4 Å². The number of rotatable bonds is 6. The van der Waals surface area contributed by atoms with Crippen LogP contribution in [0.25, 0.3) is 11.5 Å². The number of carbonyl (C=O) groups is 1. The average Bonchev–Trinajstić information content (AvgIpc) is 3.36. The van der Waals surface area contributed by atoms with Crippen LogP contribution in [0.3, 0.4) is 0 Å². The minimum Gasteiger partial charge on any atom is -0.444 e. The summed E-state index contributed by atoms with van der Waals surface area (Å²) in [5.41, 5.74) is 2.89. The van der Waals surface area contributed by atoms with Crippen molar-refractivity contribution in [3.63, 3.8) is 0 Å². The van der Waals surface area contributed by atoms with E-state index in [-0.39, 0.29) is 12.5 Å². The highest BCUT2D eigenvalue weighted by Crippen LogP contribution is 2.20. The summed E-state index contributed by atoms with van der Waals surface area (Å²) >= 11 is 0. The Bertz CT molecular complexity index is 804. The van der Waals surface area contributed by atoms with Crippen LogP contribution in [0.5, 0.6) is 0 Å². The van der Waals surface area contributed by atoms with Crippen molar-refractivity contribution >= 4 is 11.9 Å². The number of benzene rings is 1. The summed E-state index contributed by atoms with van der Waals surface area (Å²) in [4.78, 5) is 22.6. The van der Waals surface area contributed by atoms with Crippen LogP contribution >= 0.6 is 0 Å². The molecule has 1 aliphatic rings. The largest absolute Gasteiger partial charge is 0.444 e. The maximum absolute atomic E-state index is 11.9. The van der Waals surface area contributed by atoms with E-state index >= 15 is 0 Å². The number of nitrogens with zero attached hydrogens (tertiary/aromatic N) is 3. The molecule has 7 nitrogen and oxygen atoms in total. The fourth-order valence-electron chi connectivity index (χ4n) is 3.10. The van der Waals surface area contributed by atoms with Gasteiger partial charge in [0, 0.05) is 25.7 Å². The molecule has 1 heterocycles. The molecule has 28 heavy (non-hydrogen) atoms. The molecule has 0 spiro atoms. The van der Waals surface area contributed by atoms with Gasteiger partial charge in [-0.2, -0.15) is 0 Å². The predicted octanol–water partition coefficient (Wildman–Crippen LogP) is 2.72. The Labute approximate surface area is 166 Å². The van der Waals surface area contributed by atoms with Crippen LogP contribution in [0.2, 0.25) is 0 Å². The van der Waals surface area contributed by atoms with Crippen molar-refractivity contribution in [1.82, 2.24) is 20.5 Å². The molecular formula is C21H29N5O2. The summed E-state index contributed by atoms with van der Waals surface area (Å²) in [6, 6.07) is 8.46. The van der Waals surface area contributed by atoms with E-state index in [0.717, 1.165) is 24.1 Å². The first-order valence-electron chi connectivity index (χ1n) is 9.77. The third-order valence-electron chi connectivity index (χ3n) is 4.85. The summed E-state index contributed by atoms with van der Waals surface area (Å²) in [6.45, 7) is 2.64. The van der Waals surface area contributed by atoms with Crippen LogP contribution in [-0.4, -0.2) is 48.4 Å². The Morgan fingerprint density at radius 1 is 1.25 bits per heavy atom. The van der Waals surface area contributed by atoms with E-state index in [1.54, 1.807) is 25.3 Å². The maximum Gasteiger partial charge on any atom is 0.241 e. The number of carbonyl (C=O) groups excluding carboxylic acids is 1. The summed E-state index contributed by atoms with van der Waals surface area (Å²) < 4.78 is 5.60. The Kier molecular flexibility index (Phi) is 6.68. The van der Waals surface area contributed by atoms with E-state index in [9.17, 15) is 4.79 Å². The van der Waals surface area contributed by atoms with Crippen LogP contribution in [0.1, 0.15) is 36.9 Å². The number of likely N-dealkylation sites (N-methyl/N-ethyl adjacent to an activating group) is 1. The molecule has 0 saturated heterocycles. The molecule has 0 atom stereocenters. The summed E-state index contributed by atoms with van der Waals surface area (Å²) in [7, 11) is 3.49. The fourth-order valence-corrected chi connectivity index (χ4v) is 3.10. The molecule has 0 radical (unpaired) electrons. The molecule has 0 aliphatic heterocycles. The van der Waals surface area contributed by atoms with Gasteiger partial charge in [0.15, 0.2) is 5.96 Å². The van der Waals surface area contributed by atoms with Crippen LogP contribution in [0.15, 0.2) is 39.9 Å². The summed E-state index contributed by atoms with van der Waals surface area (Å²) in [5, 5.41) is 6.57. The lowest BCUT2D eigenvalue weighted by atomic mass is 10.1. The van der Waals surface area contributed by atoms with Crippen molar-refractivity contribution in [3.05, 3.63) is 41.8 Å². The zero-order chi connectivity index (χ0) is 19.9. The van der Waals surface area contributed by atoms with E-state index in [0.29, 0.717) is 24.4 Å². The number of aryl methyl sites for hydroxylation is 1. The lowest BCUT2D eigenvalue weighted by Gasteiger charge is -2.18. The highest BCUT2D eigenvalue weighted by Gasteiger charge is 2.17. The monoisotopic (exact) mass is 383 g/mol. The minimum atomic E-state index is 0.00372. The molecule has 1 amide bonds. The second kappa shape index (κ2) is 9.39. The number of hydrogen-bond acceptors (Lipinski definition) is 4. The number of aromatic nitrogens is 1. The van der Waals surface area contributed by atoms with Gasteiger partial charge >= 0.3 is 0 Å². The Balaban J connectivity index is 1.65. The van der Waals surface area contributed by atoms with Crippen molar-refractivity contribution in [2.45, 2.75) is 45.2 Å². The van der Waals surface area contributed by atoms with Crippen LogP contribution in [0.4, 0.5) is 0 Å². The molecule has 2 aromatic rings. The third-order valence-corrected chi connectivity index (χ3v) is 4.85. The van der Waals surface area contributed by atoms with Crippen molar-refractivity contribution in [3.8, 4) is 11.5 Å². The Morgan fingerprint density at radius 3 is 2.64 bits per heavy atom. The molecule has 3 rings (SSSR count). The zero-order valence-electron chi connectivity index (χ0n) is 16.9. The standard InChI is InChI=1S/C21H29N5O2/c1-15-8-10-16(11-9-15)20-24-18(14-28-20)12-22-21(23-13-19(27)26(2)3)25-17-6-4-5-7-17/h8-11,14,17H,4-7,12-13H2,1-3H3,(H2,22,23,25). The minimum absolute atomic E-state index is 0.00372. The topological polar surface area (TPSA) is 82.8 Å². The van der Waals surface area contributed by atoms with Gasteiger partial charge in [-0.3, -0.25) is 4.79 Å². The third kappa shape index (κ3) is 5.58. The zero-order valence-corrected chi connectivity index (χ0v) is 16.9. The van der Waals surface area contributed by atoms with Gasteiger partial charge in [0.2, 0.25) is 11.8 Å². The first-order valence-corrected chi connectivity index (χ1v) is 9.77. The van der Waals surface area contributed by atoms with Crippen LogP contribution < -0.4 is 10.6 Å². The number of guanidine groups is 1. The molecule has 2 N–H and O–H groups in total. The van der Waals surface area contributed by atoms with Gasteiger partial charge in [-0.1, -0.05) is 30.5 Å². The lowest BCUT2D eigenvalue weighted by Crippen LogP contribution is -2.46. The van der Waals surface area contributed by atoms with Crippen LogP contribution in [-0.2, 0) is 11.3 Å². The molecule has 1 aliphatic carbocycles. The normalized spacial score (nSPS) is 14.9. The summed E-state index contributed by atoms with van der Waals surface area (Å²) in [6.07, 6.45) is 6.35. The molecule has 1 saturated carbocycles. The first kappa shape index (κ1) is 19.9. The molecular weight excluding hydrogens is 354 g/mol. The van der Waals surface area contributed by atoms with Gasteiger partial charge in [-0.15, -0.1) is 0 Å². The molecule has 0 bridgehead atoms. The van der Waals surface area contributed by atoms with Gasteiger partial charge in [0.1, 0.15) is 12.0 Å².